The van der Waals surface area contributed by atoms with Crippen LogP contribution in [0.1, 0.15) is 5.56 Å². The molecule has 6 nitrogen and oxygen atoms in total. The average molecular weight is 344 g/mol. The van der Waals surface area contributed by atoms with Crippen molar-refractivity contribution in [2.75, 3.05) is 0 Å². The van der Waals surface area contributed by atoms with E-state index in [4.69, 9.17) is 4.74 Å². The molecule has 0 unspecified atom stereocenters. The molecule has 0 aliphatic heterocycles. The van der Waals surface area contributed by atoms with Gasteiger partial charge < -0.3 is 4.74 Å². The smallest absolute Gasteiger partial charge is 0.365 e. The monoisotopic (exact) mass is 344 g/mol. The van der Waals surface area contributed by atoms with Crippen molar-refractivity contribution in [1.82, 2.24) is 20.2 Å². The zero-order chi connectivity index (χ0) is 17.8. The van der Waals surface area contributed by atoms with Gasteiger partial charge in [-0.25, -0.2) is 9.89 Å². The molecule has 0 saturated heterocycles. The van der Waals surface area contributed by atoms with E-state index in [0.29, 0.717) is 12.3 Å². The van der Waals surface area contributed by atoms with Gasteiger partial charge in [0.25, 0.3) is 0 Å². The molecule has 0 radical (unpaired) electrons. The maximum absolute atomic E-state index is 11.8. The Labute approximate surface area is 149 Å². The van der Waals surface area contributed by atoms with Crippen LogP contribution in [0.2, 0.25) is 0 Å². The van der Waals surface area contributed by atoms with Crippen molar-refractivity contribution in [2.45, 2.75) is 6.61 Å². The van der Waals surface area contributed by atoms with E-state index in [1.54, 1.807) is 6.07 Å². The third-order valence-corrected chi connectivity index (χ3v) is 4.05. The number of nitrogens with one attached hydrogen (secondary N) is 1. The Bertz CT molecular complexity index is 1050. The summed E-state index contributed by atoms with van der Waals surface area (Å²) in [5.74, 6) is 0.756. The van der Waals surface area contributed by atoms with E-state index in [9.17, 15) is 4.79 Å². The van der Waals surface area contributed by atoms with Gasteiger partial charge in [-0.2, -0.15) is 4.68 Å². The first-order valence-corrected chi connectivity index (χ1v) is 8.18. The van der Waals surface area contributed by atoms with Crippen molar-refractivity contribution in [3.63, 3.8) is 0 Å². The molecule has 6 heteroatoms. The Morgan fingerprint density at radius 1 is 0.846 bits per heavy atom. The molecule has 4 aromatic rings. The van der Waals surface area contributed by atoms with Gasteiger partial charge in [-0.1, -0.05) is 60.7 Å². The van der Waals surface area contributed by atoms with Crippen LogP contribution in [0.15, 0.2) is 83.7 Å². The van der Waals surface area contributed by atoms with E-state index >= 15 is 0 Å². The van der Waals surface area contributed by atoms with E-state index in [2.05, 4.69) is 27.7 Å². The van der Waals surface area contributed by atoms with Gasteiger partial charge in [-0.3, -0.25) is 0 Å². The number of tetrazole rings is 1. The Morgan fingerprint density at radius 2 is 1.54 bits per heavy atom. The van der Waals surface area contributed by atoms with E-state index in [0.717, 1.165) is 22.4 Å². The van der Waals surface area contributed by atoms with Crippen molar-refractivity contribution in [3.8, 4) is 22.6 Å². The number of aromatic amines is 1. The fraction of sp³-hybridized carbons (Fsp3) is 0.0500. The molecule has 1 aromatic heterocycles. The maximum Gasteiger partial charge on any atom is 0.365 e. The Hall–Kier alpha value is -3.67. The van der Waals surface area contributed by atoms with Gasteiger partial charge >= 0.3 is 5.69 Å². The number of benzene rings is 3. The van der Waals surface area contributed by atoms with Crippen molar-refractivity contribution in [1.29, 1.82) is 0 Å². The Morgan fingerprint density at radius 3 is 2.27 bits per heavy atom. The molecule has 0 aliphatic rings. The molecule has 3 aromatic carbocycles. The highest BCUT2D eigenvalue weighted by Gasteiger charge is 2.09. The predicted octanol–water partition coefficient (Wildman–Crippen LogP) is 3.20. The summed E-state index contributed by atoms with van der Waals surface area (Å²) in [6.45, 7) is 0.320. The number of para-hydroxylation sites is 1. The molecule has 0 amide bonds. The molecule has 0 bridgehead atoms. The zero-order valence-electron chi connectivity index (χ0n) is 13.9. The zero-order valence-corrected chi connectivity index (χ0v) is 13.9. The van der Waals surface area contributed by atoms with E-state index < -0.39 is 0 Å². The van der Waals surface area contributed by atoms with Crippen LogP contribution in [0.4, 0.5) is 0 Å². The highest BCUT2D eigenvalue weighted by atomic mass is 16.5. The Balaban J connectivity index is 1.52. The lowest BCUT2D eigenvalue weighted by Gasteiger charge is -2.10. The summed E-state index contributed by atoms with van der Waals surface area (Å²) >= 11 is 0. The summed E-state index contributed by atoms with van der Waals surface area (Å²) in [5.41, 5.74) is 3.40. The van der Waals surface area contributed by atoms with E-state index in [1.807, 2.05) is 60.7 Å². The van der Waals surface area contributed by atoms with Crippen molar-refractivity contribution < 1.29 is 4.74 Å². The molecule has 0 saturated carbocycles. The van der Waals surface area contributed by atoms with Crippen LogP contribution in [0.5, 0.6) is 5.75 Å². The van der Waals surface area contributed by atoms with Crippen LogP contribution in [0, 0.1) is 0 Å². The summed E-state index contributed by atoms with van der Waals surface area (Å²) < 4.78 is 7.11. The summed E-state index contributed by atoms with van der Waals surface area (Å²) in [6, 6.07) is 25.5. The van der Waals surface area contributed by atoms with Gasteiger partial charge in [0.15, 0.2) is 0 Å². The maximum atomic E-state index is 11.8. The topological polar surface area (TPSA) is 72.8 Å². The number of rotatable bonds is 5. The molecule has 4 rings (SSSR count). The molecule has 0 spiro atoms. The van der Waals surface area contributed by atoms with E-state index in [-0.39, 0.29) is 5.69 Å². The second kappa shape index (κ2) is 7.06. The lowest BCUT2D eigenvalue weighted by atomic mass is 10.1. The van der Waals surface area contributed by atoms with Gasteiger partial charge in [0.05, 0.1) is 5.69 Å². The van der Waals surface area contributed by atoms with Crippen molar-refractivity contribution in [3.05, 3.63) is 94.9 Å². The average Bonchev–Trinajstić information content (AvgIpc) is 3.13. The van der Waals surface area contributed by atoms with Crippen molar-refractivity contribution in [2.24, 2.45) is 0 Å². The number of hydrogen-bond acceptors (Lipinski definition) is 4. The molecule has 26 heavy (non-hydrogen) atoms. The molecule has 0 atom stereocenters. The quantitative estimate of drug-likeness (QED) is 0.603. The third kappa shape index (κ3) is 3.25. The standard InChI is InChI=1S/C20H16N4O2/c25-20-21-22-23-24(20)19-9-5-4-8-17(19)14-26-18-12-10-16(11-13-18)15-6-2-1-3-7-15/h1-13H,14H2,(H,21,23,25). The Kier molecular flexibility index (Phi) is 4.30. The molecular formula is C20H16N4O2. The van der Waals surface area contributed by atoms with Crippen LogP contribution in [0.3, 0.4) is 0 Å². The fourth-order valence-corrected chi connectivity index (χ4v) is 2.73. The minimum atomic E-state index is -0.385. The normalized spacial score (nSPS) is 10.6. The molecule has 128 valence electrons. The van der Waals surface area contributed by atoms with Crippen LogP contribution < -0.4 is 10.4 Å². The van der Waals surface area contributed by atoms with Crippen LogP contribution in [0.25, 0.3) is 16.8 Å². The van der Waals surface area contributed by atoms with Crippen LogP contribution in [-0.2, 0) is 6.61 Å². The predicted molar refractivity (Wildman–Crippen MR) is 98.2 cm³/mol. The number of aromatic nitrogens is 4. The van der Waals surface area contributed by atoms with Crippen LogP contribution >= 0.6 is 0 Å². The van der Waals surface area contributed by atoms with E-state index in [1.165, 1.54) is 4.68 Å². The number of H-pyrrole nitrogens is 1. The molecule has 1 heterocycles. The first-order chi connectivity index (χ1) is 12.8. The lowest BCUT2D eigenvalue weighted by Crippen LogP contribution is -2.18. The summed E-state index contributed by atoms with van der Waals surface area (Å²) in [4.78, 5) is 11.8. The second-order valence-corrected chi connectivity index (χ2v) is 5.73. The summed E-state index contributed by atoms with van der Waals surface area (Å²) in [6.07, 6.45) is 0. The second-order valence-electron chi connectivity index (χ2n) is 5.73. The van der Waals surface area contributed by atoms with Crippen LogP contribution in [-0.4, -0.2) is 20.2 Å². The summed E-state index contributed by atoms with van der Waals surface area (Å²) in [5, 5.41) is 9.62. The summed E-state index contributed by atoms with van der Waals surface area (Å²) in [7, 11) is 0. The van der Waals surface area contributed by atoms with Crippen molar-refractivity contribution >= 4 is 0 Å². The fourth-order valence-electron chi connectivity index (χ4n) is 2.73. The lowest BCUT2D eigenvalue weighted by molar-refractivity contribution is 0.305. The SMILES string of the molecule is O=c1[nH]nnn1-c1ccccc1COc1ccc(-c2ccccc2)cc1. The number of hydrogen-bond donors (Lipinski definition) is 1. The molecule has 0 aliphatic carbocycles. The largest absolute Gasteiger partial charge is 0.489 e. The minimum absolute atomic E-state index is 0.320. The molecular weight excluding hydrogens is 328 g/mol. The van der Waals surface area contributed by atoms with Gasteiger partial charge in [-0.05, 0) is 39.8 Å². The van der Waals surface area contributed by atoms with Gasteiger partial charge in [-0.15, -0.1) is 0 Å². The number of ether oxygens (including phenoxy) is 1. The first kappa shape index (κ1) is 15.8. The molecule has 0 fully saturated rings. The highest BCUT2D eigenvalue weighted by molar-refractivity contribution is 5.63. The van der Waals surface area contributed by atoms with Gasteiger partial charge in [0.1, 0.15) is 12.4 Å². The van der Waals surface area contributed by atoms with Gasteiger partial charge in [0.2, 0.25) is 0 Å². The minimum Gasteiger partial charge on any atom is -0.489 e. The highest BCUT2D eigenvalue weighted by Crippen LogP contribution is 2.23. The number of nitrogens with zero attached hydrogens (tertiary/aromatic N) is 3. The third-order valence-electron chi connectivity index (χ3n) is 4.05. The molecule has 1 N–H and O–H groups in total. The first-order valence-electron chi connectivity index (χ1n) is 8.18. The van der Waals surface area contributed by atoms with Gasteiger partial charge in [0, 0.05) is 5.56 Å².